The summed E-state index contributed by atoms with van der Waals surface area (Å²) in [6.45, 7) is 6.93. The third kappa shape index (κ3) is 5.40. The Morgan fingerprint density at radius 1 is 1.04 bits per heavy atom. The van der Waals surface area contributed by atoms with E-state index in [-0.39, 0.29) is 11.3 Å². The Morgan fingerprint density at radius 3 is 2.29 bits per heavy atom. The van der Waals surface area contributed by atoms with Gasteiger partial charge < -0.3 is 5.32 Å². The minimum absolute atomic E-state index is 0.124. The Hall–Kier alpha value is -1.77. The molecule has 0 aliphatic heterocycles. The lowest BCUT2D eigenvalue weighted by Crippen LogP contribution is -2.20. The molecule has 0 bridgehead atoms. The number of rotatable bonds is 4. The van der Waals surface area contributed by atoms with Crippen LogP contribution < -0.4 is 5.32 Å². The van der Waals surface area contributed by atoms with E-state index in [1.165, 1.54) is 11.6 Å². The van der Waals surface area contributed by atoms with Crippen LogP contribution in [0.2, 0.25) is 10.0 Å². The highest BCUT2D eigenvalue weighted by Crippen LogP contribution is 2.23. The van der Waals surface area contributed by atoms with Crippen molar-refractivity contribution in [3.05, 3.63) is 75.3 Å². The highest BCUT2D eigenvalue weighted by Gasteiger charge is 2.12. The maximum Gasteiger partial charge on any atom is 0.244 e. The van der Waals surface area contributed by atoms with E-state index in [1.54, 1.807) is 18.2 Å². The Balaban J connectivity index is 1.91. The van der Waals surface area contributed by atoms with Crippen LogP contribution in [-0.4, -0.2) is 5.91 Å². The van der Waals surface area contributed by atoms with E-state index in [0.717, 1.165) is 11.1 Å². The minimum Gasteiger partial charge on any atom is -0.348 e. The molecule has 0 atom stereocenters. The zero-order valence-corrected chi connectivity index (χ0v) is 15.6. The molecule has 0 saturated carbocycles. The van der Waals surface area contributed by atoms with Gasteiger partial charge in [-0.1, -0.05) is 74.3 Å². The Morgan fingerprint density at radius 2 is 1.71 bits per heavy atom. The van der Waals surface area contributed by atoms with Crippen molar-refractivity contribution < 1.29 is 4.79 Å². The quantitative estimate of drug-likeness (QED) is 0.703. The maximum absolute atomic E-state index is 11.9. The number of benzene rings is 2. The molecule has 2 aromatic rings. The molecule has 0 aromatic heterocycles. The SMILES string of the molecule is CC(C)(C)c1ccc(/C=C/C(=O)NCc2ccc(Cl)c(Cl)c2)cc1. The van der Waals surface area contributed by atoms with E-state index >= 15 is 0 Å². The fourth-order valence-corrected chi connectivity index (χ4v) is 2.48. The van der Waals surface area contributed by atoms with Crippen LogP contribution >= 0.6 is 23.2 Å². The number of hydrogen-bond acceptors (Lipinski definition) is 1. The molecule has 1 amide bonds. The second-order valence-corrected chi connectivity index (χ2v) is 7.49. The molecule has 0 heterocycles. The van der Waals surface area contributed by atoms with Gasteiger partial charge in [0.2, 0.25) is 5.91 Å². The first kappa shape index (κ1) is 18.6. The molecule has 2 nitrogen and oxygen atoms in total. The van der Waals surface area contributed by atoms with Gasteiger partial charge in [-0.15, -0.1) is 0 Å². The molecule has 126 valence electrons. The van der Waals surface area contributed by atoms with Crippen LogP contribution in [0.25, 0.3) is 6.08 Å². The van der Waals surface area contributed by atoms with Crippen LogP contribution in [0, 0.1) is 0 Å². The number of amides is 1. The third-order valence-electron chi connectivity index (χ3n) is 3.65. The van der Waals surface area contributed by atoms with Gasteiger partial charge in [0, 0.05) is 12.6 Å². The van der Waals surface area contributed by atoms with E-state index in [9.17, 15) is 4.79 Å². The molecule has 0 radical (unpaired) electrons. The Kier molecular flexibility index (Phi) is 6.09. The van der Waals surface area contributed by atoms with Crippen LogP contribution in [-0.2, 0) is 16.8 Å². The van der Waals surface area contributed by atoms with Crippen molar-refractivity contribution in [1.82, 2.24) is 5.32 Å². The number of carbonyl (C=O) groups excluding carboxylic acids is 1. The van der Waals surface area contributed by atoms with Gasteiger partial charge in [-0.3, -0.25) is 4.79 Å². The van der Waals surface area contributed by atoms with Crippen molar-refractivity contribution in [2.75, 3.05) is 0 Å². The summed E-state index contributed by atoms with van der Waals surface area (Å²) in [5.41, 5.74) is 3.29. The summed E-state index contributed by atoms with van der Waals surface area (Å²) >= 11 is 11.8. The van der Waals surface area contributed by atoms with Crippen LogP contribution in [0.3, 0.4) is 0 Å². The van der Waals surface area contributed by atoms with E-state index < -0.39 is 0 Å². The van der Waals surface area contributed by atoms with Gasteiger partial charge in [0.1, 0.15) is 0 Å². The number of halogens is 2. The molecular weight excluding hydrogens is 341 g/mol. The fraction of sp³-hybridized carbons (Fsp3) is 0.250. The van der Waals surface area contributed by atoms with Gasteiger partial charge in [0.05, 0.1) is 10.0 Å². The van der Waals surface area contributed by atoms with Crippen molar-refractivity contribution in [2.45, 2.75) is 32.7 Å². The average Bonchev–Trinajstić information content (AvgIpc) is 2.53. The largest absolute Gasteiger partial charge is 0.348 e. The molecule has 24 heavy (non-hydrogen) atoms. The summed E-state index contributed by atoms with van der Waals surface area (Å²) in [5, 5.41) is 3.81. The lowest BCUT2D eigenvalue weighted by Gasteiger charge is -2.18. The predicted molar refractivity (Wildman–Crippen MR) is 102 cm³/mol. The summed E-state index contributed by atoms with van der Waals surface area (Å²) < 4.78 is 0. The number of nitrogens with one attached hydrogen (secondary N) is 1. The summed E-state index contributed by atoms with van der Waals surface area (Å²) in [6, 6.07) is 13.5. The monoisotopic (exact) mass is 361 g/mol. The highest BCUT2D eigenvalue weighted by atomic mass is 35.5. The summed E-state index contributed by atoms with van der Waals surface area (Å²) in [4.78, 5) is 11.9. The molecule has 0 aliphatic rings. The fourth-order valence-electron chi connectivity index (χ4n) is 2.16. The smallest absolute Gasteiger partial charge is 0.244 e. The van der Waals surface area contributed by atoms with Gasteiger partial charge in [0.15, 0.2) is 0 Å². The molecule has 0 aliphatic carbocycles. The summed E-state index contributed by atoms with van der Waals surface area (Å²) in [6.07, 6.45) is 3.33. The van der Waals surface area contributed by atoms with Gasteiger partial charge in [-0.05, 0) is 40.3 Å². The molecule has 2 rings (SSSR count). The molecule has 1 N–H and O–H groups in total. The lowest BCUT2D eigenvalue weighted by atomic mass is 9.87. The predicted octanol–water partition coefficient (Wildman–Crippen LogP) is 5.62. The maximum atomic E-state index is 11.9. The van der Waals surface area contributed by atoms with Gasteiger partial charge >= 0.3 is 0 Å². The molecule has 0 unspecified atom stereocenters. The zero-order chi connectivity index (χ0) is 17.7. The normalized spacial score (nSPS) is 11.7. The molecule has 0 spiro atoms. The molecular formula is C20H21Cl2NO. The van der Waals surface area contributed by atoms with E-state index in [0.29, 0.717) is 16.6 Å². The second kappa shape index (κ2) is 7.87. The first-order chi connectivity index (χ1) is 11.3. The zero-order valence-electron chi connectivity index (χ0n) is 14.1. The Labute approximate surface area is 153 Å². The van der Waals surface area contributed by atoms with Crippen LogP contribution in [0.1, 0.15) is 37.5 Å². The molecule has 0 fully saturated rings. The number of carbonyl (C=O) groups is 1. The average molecular weight is 362 g/mol. The van der Waals surface area contributed by atoms with Crippen molar-refractivity contribution >= 4 is 35.2 Å². The summed E-state index contributed by atoms with van der Waals surface area (Å²) in [5.74, 6) is -0.152. The summed E-state index contributed by atoms with van der Waals surface area (Å²) in [7, 11) is 0. The van der Waals surface area contributed by atoms with Gasteiger partial charge in [0.25, 0.3) is 0 Å². The third-order valence-corrected chi connectivity index (χ3v) is 4.39. The van der Waals surface area contributed by atoms with Gasteiger partial charge in [-0.2, -0.15) is 0 Å². The van der Waals surface area contributed by atoms with Crippen molar-refractivity contribution in [1.29, 1.82) is 0 Å². The Bertz CT molecular complexity index is 743. The molecule has 2 aromatic carbocycles. The topological polar surface area (TPSA) is 29.1 Å². The van der Waals surface area contributed by atoms with E-state index in [1.807, 2.05) is 18.2 Å². The van der Waals surface area contributed by atoms with Gasteiger partial charge in [-0.25, -0.2) is 0 Å². The van der Waals surface area contributed by atoms with Crippen LogP contribution in [0.15, 0.2) is 48.5 Å². The first-order valence-electron chi connectivity index (χ1n) is 7.76. The van der Waals surface area contributed by atoms with E-state index in [4.69, 9.17) is 23.2 Å². The van der Waals surface area contributed by atoms with Crippen LogP contribution in [0.5, 0.6) is 0 Å². The molecule has 0 saturated heterocycles. The minimum atomic E-state index is -0.152. The van der Waals surface area contributed by atoms with Crippen molar-refractivity contribution in [3.8, 4) is 0 Å². The first-order valence-corrected chi connectivity index (χ1v) is 8.52. The van der Waals surface area contributed by atoms with Crippen molar-refractivity contribution in [3.63, 3.8) is 0 Å². The van der Waals surface area contributed by atoms with Crippen molar-refractivity contribution in [2.24, 2.45) is 0 Å². The standard InChI is InChI=1S/C20H21Cl2NO/c1-20(2,3)16-8-4-14(5-9-16)7-11-19(24)23-13-15-6-10-17(21)18(22)12-15/h4-12H,13H2,1-3H3,(H,23,24)/b11-7+. The van der Waals surface area contributed by atoms with E-state index in [2.05, 4.69) is 38.2 Å². The second-order valence-electron chi connectivity index (χ2n) is 6.67. The lowest BCUT2D eigenvalue weighted by molar-refractivity contribution is -0.116. The highest BCUT2D eigenvalue weighted by molar-refractivity contribution is 6.42. The number of hydrogen-bond donors (Lipinski definition) is 1. The van der Waals surface area contributed by atoms with Crippen LogP contribution in [0.4, 0.5) is 0 Å². The molecule has 4 heteroatoms.